The molecule has 1 saturated heterocycles. The number of alkyl halides is 2. The number of carbonyl (C=O) groups is 1. The van der Waals surface area contributed by atoms with Gasteiger partial charge in [-0.2, -0.15) is 17.0 Å². The van der Waals surface area contributed by atoms with E-state index in [4.69, 9.17) is 21.5 Å². The Morgan fingerprint density at radius 3 is 2.50 bits per heavy atom. The summed E-state index contributed by atoms with van der Waals surface area (Å²) in [5, 5.41) is 27.2. The molecule has 1 aliphatic rings. The van der Waals surface area contributed by atoms with E-state index in [0.29, 0.717) is 4.31 Å². The molecule has 0 radical (unpaired) electrons. The number of aliphatic carboxylic acids is 1. The number of rotatable bonds is 11. The van der Waals surface area contributed by atoms with Gasteiger partial charge in [-0.05, 0) is 12.7 Å². The molecule has 0 amide bonds. The van der Waals surface area contributed by atoms with E-state index in [1.54, 1.807) is 0 Å². The highest BCUT2D eigenvalue weighted by molar-refractivity contribution is 7.86. The molecule has 0 saturated carbocycles. The summed E-state index contributed by atoms with van der Waals surface area (Å²) in [4.78, 5) is 11.6. The first kappa shape index (κ1) is 23.1. The molecule has 1 heterocycles. The third-order valence-electron chi connectivity index (χ3n) is 4.38. The fourth-order valence-electron chi connectivity index (χ4n) is 2.97. The number of hydrogen-bond donors (Lipinski definition) is 5. The van der Waals surface area contributed by atoms with Gasteiger partial charge in [0, 0.05) is 32.1 Å². The highest BCUT2D eigenvalue weighted by atomic mass is 32.2. The molecular weight excluding hydrogens is 377 g/mol. The molecule has 26 heavy (non-hydrogen) atoms. The van der Waals surface area contributed by atoms with Crippen LogP contribution in [0.4, 0.5) is 8.78 Å². The van der Waals surface area contributed by atoms with E-state index in [0.717, 1.165) is 4.31 Å². The molecule has 1 rings (SSSR count). The average molecular weight is 402 g/mol. The summed E-state index contributed by atoms with van der Waals surface area (Å²) < 4.78 is 51.9. The summed E-state index contributed by atoms with van der Waals surface area (Å²) in [6.07, 6.45) is -2.59. The second-order valence-electron chi connectivity index (χ2n) is 6.29. The Balaban J connectivity index is 3.00. The maximum Gasteiger partial charge on any atom is 0.451 e. The maximum atomic E-state index is 12.7. The van der Waals surface area contributed by atoms with Crippen molar-refractivity contribution in [2.45, 2.75) is 31.1 Å². The van der Waals surface area contributed by atoms with Crippen molar-refractivity contribution in [2.24, 2.45) is 17.4 Å². The summed E-state index contributed by atoms with van der Waals surface area (Å²) in [5.41, 5.74) is 9.29. The van der Waals surface area contributed by atoms with Crippen molar-refractivity contribution in [1.29, 1.82) is 0 Å². The first-order valence-electron chi connectivity index (χ1n) is 8.07. The largest absolute Gasteiger partial charge is 0.480 e. The van der Waals surface area contributed by atoms with E-state index in [1.165, 1.54) is 0 Å². The van der Waals surface area contributed by atoms with Gasteiger partial charge in [-0.15, -0.1) is 0 Å². The Kier molecular flexibility index (Phi) is 8.32. The van der Waals surface area contributed by atoms with E-state index in [2.05, 4.69) is 0 Å². The molecule has 0 unspecified atom stereocenters. The lowest BCUT2D eigenvalue weighted by Gasteiger charge is -2.27. The summed E-state index contributed by atoms with van der Waals surface area (Å²) in [6, 6.07) is 0. The van der Waals surface area contributed by atoms with Gasteiger partial charge in [0.1, 0.15) is 5.54 Å². The van der Waals surface area contributed by atoms with Gasteiger partial charge in [0.05, 0.1) is 6.54 Å². The molecule has 1 fully saturated rings. The normalized spacial score (nSPS) is 24.5. The number of hydrogen-bond acceptors (Lipinski definition) is 7. The van der Waals surface area contributed by atoms with Gasteiger partial charge in [0.25, 0.3) is 16.6 Å². The number of carboxylic acid groups (broad SMARTS) is 1. The van der Waals surface area contributed by atoms with Crippen LogP contribution in [0.1, 0.15) is 12.8 Å². The Bertz CT molecular complexity index is 584. The van der Waals surface area contributed by atoms with E-state index in [1.807, 2.05) is 0 Å². The van der Waals surface area contributed by atoms with Crippen molar-refractivity contribution < 1.29 is 37.1 Å². The smallest absolute Gasteiger partial charge is 0.451 e. The topological polar surface area (TPSA) is 170 Å². The monoisotopic (exact) mass is 402 g/mol. The zero-order valence-electron chi connectivity index (χ0n) is 14.2. The molecule has 152 valence electrons. The highest BCUT2D eigenvalue weighted by Gasteiger charge is 2.53. The number of halogens is 2. The van der Waals surface area contributed by atoms with Crippen LogP contribution in [0.2, 0.25) is 6.32 Å². The molecule has 1 aliphatic heterocycles. The van der Waals surface area contributed by atoms with Gasteiger partial charge >= 0.3 is 13.1 Å². The molecule has 2 atom stereocenters. The molecular formula is C12H25BF2N4O6S. The second-order valence-corrected chi connectivity index (χ2v) is 8.22. The quantitative estimate of drug-likeness (QED) is 0.241. The third-order valence-corrected chi connectivity index (χ3v) is 6.29. The van der Waals surface area contributed by atoms with Crippen LogP contribution < -0.4 is 11.5 Å². The third kappa shape index (κ3) is 5.55. The first-order valence-corrected chi connectivity index (χ1v) is 9.46. The fraction of sp³-hybridized carbons (Fsp3) is 0.917. The van der Waals surface area contributed by atoms with Crippen LogP contribution in [-0.2, 0) is 15.0 Å². The van der Waals surface area contributed by atoms with Gasteiger partial charge in [0.2, 0.25) is 0 Å². The minimum absolute atomic E-state index is 0.0242. The lowest BCUT2D eigenvalue weighted by molar-refractivity contribution is -0.144. The van der Waals surface area contributed by atoms with Crippen molar-refractivity contribution in [3.05, 3.63) is 0 Å². The predicted molar refractivity (Wildman–Crippen MR) is 89.4 cm³/mol. The summed E-state index contributed by atoms with van der Waals surface area (Å²) >= 11 is 0. The summed E-state index contributed by atoms with van der Waals surface area (Å²) in [5.74, 6) is -2.22. The lowest BCUT2D eigenvalue weighted by atomic mass is 9.78. The van der Waals surface area contributed by atoms with Gasteiger partial charge < -0.3 is 26.6 Å². The summed E-state index contributed by atoms with van der Waals surface area (Å²) in [7, 11) is -5.94. The summed E-state index contributed by atoms with van der Waals surface area (Å²) in [6.45, 7) is -2.40. The maximum absolute atomic E-state index is 12.7. The zero-order chi connectivity index (χ0) is 20.1. The molecule has 0 aromatic rings. The molecule has 14 heteroatoms. The SMILES string of the molecule is NCCN(CC(F)F)S(=O)(=O)N1C[C@H](CCCB(O)O)[C@](N)(C(=O)O)C1. The zero-order valence-corrected chi connectivity index (χ0v) is 15.0. The number of nitrogens with two attached hydrogens (primary N) is 2. The molecule has 7 N–H and O–H groups in total. The Morgan fingerprint density at radius 2 is 2.04 bits per heavy atom. The lowest BCUT2D eigenvalue weighted by Crippen LogP contribution is -2.55. The van der Waals surface area contributed by atoms with Crippen LogP contribution in [-0.4, -0.2) is 90.0 Å². The van der Waals surface area contributed by atoms with Crippen molar-refractivity contribution >= 4 is 23.3 Å². The van der Waals surface area contributed by atoms with Gasteiger partial charge in [-0.3, -0.25) is 4.79 Å². The van der Waals surface area contributed by atoms with Crippen molar-refractivity contribution in [2.75, 3.05) is 32.7 Å². The minimum atomic E-state index is -4.37. The van der Waals surface area contributed by atoms with Crippen molar-refractivity contribution in [3.8, 4) is 0 Å². The molecule has 0 aromatic carbocycles. The Labute approximate surface area is 151 Å². The number of nitrogens with zero attached hydrogens (tertiary/aromatic N) is 2. The van der Waals surface area contributed by atoms with Gasteiger partial charge in [-0.1, -0.05) is 6.42 Å². The van der Waals surface area contributed by atoms with Crippen LogP contribution in [0.5, 0.6) is 0 Å². The molecule has 10 nitrogen and oxygen atoms in total. The molecule has 0 spiro atoms. The molecule has 0 aromatic heterocycles. The molecule has 0 bridgehead atoms. The fourth-order valence-corrected chi connectivity index (χ4v) is 4.68. The standard InChI is InChI=1S/C12H25BF2N4O6S/c14-10(15)7-18(5-4-16)26(24,25)19-6-9(2-1-3-13(22)23)12(17,8-19)11(20)21/h9-10,22-23H,1-8,16-17H2,(H,20,21)/t9-,12-/m0/s1. The van der Waals surface area contributed by atoms with E-state index >= 15 is 0 Å². The predicted octanol–water partition coefficient (Wildman–Crippen LogP) is -2.28. The van der Waals surface area contributed by atoms with Crippen LogP contribution in [0.3, 0.4) is 0 Å². The van der Waals surface area contributed by atoms with Crippen LogP contribution in [0.15, 0.2) is 0 Å². The van der Waals surface area contributed by atoms with E-state index in [9.17, 15) is 27.1 Å². The van der Waals surface area contributed by atoms with Crippen LogP contribution in [0, 0.1) is 5.92 Å². The Hall–Kier alpha value is -0.895. The van der Waals surface area contributed by atoms with Gasteiger partial charge in [-0.25, -0.2) is 8.78 Å². The van der Waals surface area contributed by atoms with Crippen molar-refractivity contribution in [3.63, 3.8) is 0 Å². The van der Waals surface area contributed by atoms with E-state index < -0.39 is 54.3 Å². The highest BCUT2D eigenvalue weighted by Crippen LogP contribution is 2.33. The average Bonchev–Trinajstić information content (AvgIpc) is 2.85. The van der Waals surface area contributed by atoms with Crippen LogP contribution >= 0.6 is 0 Å². The minimum Gasteiger partial charge on any atom is -0.480 e. The van der Waals surface area contributed by atoms with Crippen molar-refractivity contribution in [1.82, 2.24) is 8.61 Å². The Morgan fingerprint density at radius 1 is 1.42 bits per heavy atom. The molecule has 0 aliphatic carbocycles. The second kappa shape index (κ2) is 9.35. The van der Waals surface area contributed by atoms with Gasteiger partial charge in [0.15, 0.2) is 0 Å². The number of carboxylic acids is 1. The first-order chi connectivity index (χ1) is 11.9. The van der Waals surface area contributed by atoms with Crippen LogP contribution in [0.25, 0.3) is 0 Å². The van der Waals surface area contributed by atoms with E-state index in [-0.39, 0.29) is 38.8 Å².